The molecule has 0 saturated carbocycles. The lowest BCUT2D eigenvalue weighted by Gasteiger charge is -2.20. The van der Waals surface area contributed by atoms with Crippen LogP contribution in [0.15, 0.2) is 24.3 Å². The maximum absolute atomic E-state index is 12.1. The average Bonchev–Trinajstić information content (AvgIpc) is 2.87. The number of carbonyl (C=O) groups excluding carboxylic acids is 2. The fourth-order valence-electron chi connectivity index (χ4n) is 2.35. The molecule has 0 aliphatic carbocycles. The van der Waals surface area contributed by atoms with Gasteiger partial charge in [-0.3, -0.25) is 9.59 Å². The van der Waals surface area contributed by atoms with Gasteiger partial charge in [-0.15, -0.1) is 0 Å². The van der Waals surface area contributed by atoms with E-state index in [0.29, 0.717) is 13.1 Å². The minimum Gasteiger partial charge on any atom is -0.497 e. The molecular weight excluding hydrogens is 256 g/mol. The van der Waals surface area contributed by atoms with Crippen molar-refractivity contribution in [2.75, 3.05) is 32.1 Å². The second-order valence-electron chi connectivity index (χ2n) is 4.96. The van der Waals surface area contributed by atoms with Gasteiger partial charge in [0, 0.05) is 32.2 Å². The van der Waals surface area contributed by atoms with Crippen molar-refractivity contribution in [1.82, 2.24) is 4.90 Å². The Morgan fingerprint density at radius 3 is 2.60 bits per heavy atom. The third-order valence-electron chi connectivity index (χ3n) is 3.71. The quantitative estimate of drug-likeness (QED) is 0.838. The Bertz CT molecular complexity index is 498. The van der Waals surface area contributed by atoms with Crippen LogP contribution in [0.25, 0.3) is 0 Å². The van der Waals surface area contributed by atoms with Crippen LogP contribution in [0, 0.1) is 5.92 Å². The first kappa shape index (κ1) is 14.4. The molecule has 1 aliphatic rings. The number of anilines is 1. The molecule has 0 spiro atoms. The van der Waals surface area contributed by atoms with Crippen molar-refractivity contribution in [3.05, 3.63) is 24.3 Å². The summed E-state index contributed by atoms with van der Waals surface area (Å²) in [5, 5.41) is 0. The number of hydrogen-bond acceptors (Lipinski definition) is 3. The number of carbonyl (C=O) groups is 2. The van der Waals surface area contributed by atoms with Gasteiger partial charge >= 0.3 is 0 Å². The molecule has 20 heavy (non-hydrogen) atoms. The summed E-state index contributed by atoms with van der Waals surface area (Å²) in [4.78, 5) is 27.5. The molecule has 0 aromatic heterocycles. The van der Waals surface area contributed by atoms with E-state index in [1.165, 1.54) is 0 Å². The molecule has 1 unspecified atom stereocenters. The Kier molecular flexibility index (Phi) is 4.27. The Morgan fingerprint density at radius 1 is 1.40 bits per heavy atom. The van der Waals surface area contributed by atoms with Crippen LogP contribution < -0.4 is 9.64 Å². The van der Waals surface area contributed by atoms with Crippen LogP contribution in [0.3, 0.4) is 0 Å². The maximum Gasteiger partial charge on any atom is 0.227 e. The molecule has 0 bridgehead atoms. The number of nitrogens with zero attached hydrogens (tertiary/aromatic N) is 2. The van der Waals surface area contributed by atoms with Gasteiger partial charge in [-0.25, -0.2) is 0 Å². The Hall–Kier alpha value is -2.04. The molecule has 1 aromatic rings. The summed E-state index contributed by atoms with van der Waals surface area (Å²) in [6, 6.07) is 7.31. The van der Waals surface area contributed by atoms with Crippen LogP contribution in [-0.4, -0.2) is 44.0 Å². The molecule has 0 N–H and O–H groups in total. The van der Waals surface area contributed by atoms with Crippen molar-refractivity contribution in [3.63, 3.8) is 0 Å². The van der Waals surface area contributed by atoms with Gasteiger partial charge in [0.25, 0.3) is 0 Å². The average molecular weight is 276 g/mol. The van der Waals surface area contributed by atoms with Crippen molar-refractivity contribution in [2.24, 2.45) is 5.92 Å². The van der Waals surface area contributed by atoms with Crippen molar-refractivity contribution in [3.8, 4) is 5.75 Å². The largest absolute Gasteiger partial charge is 0.497 e. The Labute approximate surface area is 119 Å². The summed E-state index contributed by atoms with van der Waals surface area (Å²) in [6.07, 6.45) is 0.287. The van der Waals surface area contributed by atoms with E-state index in [9.17, 15) is 9.59 Å². The second kappa shape index (κ2) is 5.94. The molecule has 1 heterocycles. The summed E-state index contributed by atoms with van der Waals surface area (Å²) in [7, 11) is 3.37. The minimum absolute atomic E-state index is 0.00183. The van der Waals surface area contributed by atoms with E-state index in [1.807, 2.05) is 31.2 Å². The smallest absolute Gasteiger partial charge is 0.227 e. The van der Waals surface area contributed by atoms with Crippen LogP contribution in [0.2, 0.25) is 0 Å². The van der Waals surface area contributed by atoms with Crippen LogP contribution in [0.5, 0.6) is 5.75 Å². The molecule has 1 aromatic carbocycles. The molecule has 1 fully saturated rings. The zero-order chi connectivity index (χ0) is 14.7. The van der Waals surface area contributed by atoms with Crippen molar-refractivity contribution >= 4 is 17.5 Å². The predicted molar refractivity (Wildman–Crippen MR) is 76.8 cm³/mol. The lowest BCUT2D eigenvalue weighted by Crippen LogP contribution is -2.34. The first-order valence-corrected chi connectivity index (χ1v) is 6.76. The minimum atomic E-state index is -0.241. The molecule has 1 aliphatic heterocycles. The molecule has 5 heteroatoms. The molecule has 108 valence electrons. The number of hydrogen-bond donors (Lipinski definition) is 0. The third kappa shape index (κ3) is 2.76. The van der Waals surface area contributed by atoms with Gasteiger partial charge in [0.1, 0.15) is 5.75 Å². The van der Waals surface area contributed by atoms with Crippen molar-refractivity contribution in [1.29, 1.82) is 0 Å². The van der Waals surface area contributed by atoms with Crippen LogP contribution in [0.1, 0.15) is 13.3 Å². The first-order chi connectivity index (χ1) is 9.56. The zero-order valence-electron chi connectivity index (χ0n) is 12.1. The van der Waals surface area contributed by atoms with Crippen LogP contribution >= 0.6 is 0 Å². The first-order valence-electron chi connectivity index (χ1n) is 6.76. The standard InChI is InChI=1S/C15H20N2O3/c1-4-16(2)15(19)11-9-14(18)17(10-11)12-5-7-13(20-3)8-6-12/h5-8,11H,4,9-10H2,1-3H3. The molecule has 0 radical (unpaired) electrons. The summed E-state index contributed by atoms with van der Waals surface area (Å²) < 4.78 is 5.10. The summed E-state index contributed by atoms with van der Waals surface area (Å²) in [5.41, 5.74) is 0.810. The van der Waals surface area contributed by atoms with Gasteiger partial charge in [-0.05, 0) is 31.2 Å². The number of benzene rings is 1. The van der Waals surface area contributed by atoms with Gasteiger partial charge in [0.15, 0.2) is 0 Å². The highest BCUT2D eigenvalue weighted by molar-refractivity contribution is 6.00. The number of ether oxygens (including phenoxy) is 1. The predicted octanol–water partition coefficient (Wildman–Crippen LogP) is 1.53. The van der Waals surface area contributed by atoms with E-state index in [2.05, 4.69) is 0 Å². The second-order valence-corrected chi connectivity index (χ2v) is 4.96. The van der Waals surface area contributed by atoms with Gasteiger partial charge in [0.05, 0.1) is 13.0 Å². The van der Waals surface area contributed by atoms with Gasteiger partial charge in [-0.1, -0.05) is 0 Å². The summed E-state index contributed by atoms with van der Waals surface area (Å²) in [6.45, 7) is 3.04. The normalized spacial score (nSPS) is 18.2. The SMILES string of the molecule is CCN(C)C(=O)C1CC(=O)N(c2ccc(OC)cc2)C1. The number of amides is 2. The van der Waals surface area contributed by atoms with E-state index in [4.69, 9.17) is 4.74 Å². The molecule has 1 saturated heterocycles. The van der Waals surface area contributed by atoms with Crippen molar-refractivity contribution in [2.45, 2.75) is 13.3 Å². The number of rotatable bonds is 4. The molecule has 5 nitrogen and oxygen atoms in total. The maximum atomic E-state index is 12.1. The fraction of sp³-hybridized carbons (Fsp3) is 0.467. The molecule has 2 rings (SSSR count). The highest BCUT2D eigenvalue weighted by Gasteiger charge is 2.36. The molecule has 2 amide bonds. The Morgan fingerprint density at radius 2 is 2.05 bits per heavy atom. The monoisotopic (exact) mass is 276 g/mol. The summed E-state index contributed by atoms with van der Waals surface area (Å²) >= 11 is 0. The van der Waals surface area contributed by atoms with E-state index < -0.39 is 0 Å². The Balaban J connectivity index is 2.10. The lowest BCUT2D eigenvalue weighted by atomic mass is 10.1. The number of methoxy groups -OCH3 is 1. The lowest BCUT2D eigenvalue weighted by molar-refractivity contribution is -0.134. The van der Waals surface area contributed by atoms with Gasteiger partial charge in [0.2, 0.25) is 11.8 Å². The van der Waals surface area contributed by atoms with Crippen LogP contribution in [0.4, 0.5) is 5.69 Å². The zero-order valence-corrected chi connectivity index (χ0v) is 12.1. The topological polar surface area (TPSA) is 49.9 Å². The van der Waals surface area contributed by atoms with E-state index in [-0.39, 0.29) is 24.2 Å². The van der Waals surface area contributed by atoms with Crippen molar-refractivity contribution < 1.29 is 14.3 Å². The summed E-state index contributed by atoms with van der Waals surface area (Å²) in [5.74, 6) is 0.545. The molecule has 1 atom stereocenters. The highest BCUT2D eigenvalue weighted by atomic mass is 16.5. The van der Waals surface area contributed by atoms with E-state index >= 15 is 0 Å². The highest BCUT2D eigenvalue weighted by Crippen LogP contribution is 2.27. The van der Waals surface area contributed by atoms with Gasteiger partial charge in [-0.2, -0.15) is 0 Å². The van der Waals surface area contributed by atoms with Gasteiger partial charge < -0.3 is 14.5 Å². The third-order valence-corrected chi connectivity index (χ3v) is 3.71. The molecular formula is C15H20N2O3. The van der Waals surface area contributed by atoms with E-state index in [1.54, 1.807) is 24.0 Å². The van der Waals surface area contributed by atoms with Crippen LogP contribution in [-0.2, 0) is 9.59 Å². The van der Waals surface area contributed by atoms with E-state index in [0.717, 1.165) is 11.4 Å². The fourth-order valence-corrected chi connectivity index (χ4v) is 2.35.